The van der Waals surface area contributed by atoms with Gasteiger partial charge in [-0.15, -0.1) is 0 Å². The number of ether oxygens (including phenoxy) is 3. The van der Waals surface area contributed by atoms with Crippen molar-refractivity contribution in [3.63, 3.8) is 0 Å². The van der Waals surface area contributed by atoms with Crippen LogP contribution in [0.25, 0.3) is 0 Å². The molecule has 1 saturated heterocycles. The second-order valence-electron chi connectivity index (χ2n) is 3.26. The highest BCUT2D eigenvalue weighted by Crippen LogP contribution is 2.24. The summed E-state index contributed by atoms with van der Waals surface area (Å²) in [6.07, 6.45) is 1.08. The lowest BCUT2D eigenvalue weighted by Crippen LogP contribution is -2.19. The van der Waals surface area contributed by atoms with Gasteiger partial charge in [0.2, 0.25) is 5.79 Å². The third-order valence-electron chi connectivity index (χ3n) is 1.62. The van der Waals surface area contributed by atoms with E-state index in [4.69, 9.17) is 9.47 Å². The van der Waals surface area contributed by atoms with E-state index in [1.807, 2.05) is 0 Å². The van der Waals surface area contributed by atoms with Crippen LogP contribution in [0.4, 0.5) is 0 Å². The Balaban J connectivity index is 2.63. The molecule has 1 heterocycles. The van der Waals surface area contributed by atoms with E-state index in [2.05, 4.69) is 4.74 Å². The minimum Gasteiger partial charge on any atom is -0.465 e. The Morgan fingerprint density at radius 1 is 1.50 bits per heavy atom. The van der Waals surface area contributed by atoms with Gasteiger partial charge in [0.1, 0.15) is 12.4 Å². The maximum Gasteiger partial charge on any atom is 0.378 e. The molecule has 0 aromatic carbocycles. The molecule has 1 fully saturated rings. The zero-order valence-corrected chi connectivity index (χ0v) is 8.33. The Bertz CT molecular complexity index is 290. The molecule has 0 radical (unpaired) electrons. The largest absolute Gasteiger partial charge is 0.465 e. The molecule has 14 heavy (non-hydrogen) atoms. The Labute approximate surface area is 81.6 Å². The van der Waals surface area contributed by atoms with Gasteiger partial charge in [-0.25, -0.2) is 4.79 Å². The van der Waals surface area contributed by atoms with Crippen LogP contribution in [-0.2, 0) is 23.8 Å². The van der Waals surface area contributed by atoms with E-state index in [0.29, 0.717) is 5.76 Å². The molecule has 0 aromatic rings. The van der Waals surface area contributed by atoms with Crippen LogP contribution in [-0.4, -0.2) is 31.3 Å². The van der Waals surface area contributed by atoms with Gasteiger partial charge in [-0.2, -0.15) is 0 Å². The van der Waals surface area contributed by atoms with Crippen molar-refractivity contribution in [2.75, 3.05) is 13.7 Å². The van der Waals surface area contributed by atoms with Gasteiger partial charge in [-0.3, -0.25) is 4.79 Å². The number of carbonyl (C=O) groups is 2. The van der Waals surface area contributed by atoms with Crippen LogP contribution in [0.5, 0.6) is 0 Å². The number of ketones is 1. The van der Waals surface area contributed by atoms with Gasteiger partial charge in [0.05, 0.1) is 7.11 Å². The molecule has 0 N–H and O–H groups in total. The molecule has 0 aromatic heterocycles. The molecule has 1 aliphatic rings. The van der Waals surface area contributed by atoms with Crippen molar-refractivity contribution in [1.29, 1.82) is 0 Å². The SMILES string of the molecule is COC(=O)C(=O)/C=C1\COC(C)(C)O1. The average molecular weight is 200 g/mol. The number of hydrogen-bond acceptors (Lipinski definition) is 5. The van der Waals surface area contributed by atoms with E-state index in [1.54, 1.807) is 13.8 Å². The molecule has 0 bridgehead atoms. The molecule has 78 valence electrons. The number of esters is 1. The Morgan fingerprint density at radius 2 is 2.14 bits per heavy atom. The summed E-state index contributed by atoms with van der Waals surface area (Å²) in [5.41, 5.74) is 0. The lowest BCUT2D eigenvalue weighted by Gasteiger charge is -2.15. The summed E-state index contributed by atoms with van der Waals surface area (Å²) in [5, 5.41) is 0. The standard InChI is InChI=1S/C9H12O5/c1-9(2)13-5-6(14-9)4-7(10)8(11)12-3/h4H,5H2,1-3H3/b6-4+. The quantitative estimate of drug-likeness (QED) is 0.366. The fraction of sp³-hybridized carbons (Fsp3) is 0.556. The van der Waals surface area contributed by atoms with Gasteiger partial charge in [-0.05, 0) is 0 Å². The molecule has 0 saturated carbocycles. The number of hydrogen-bond donors (Lipinski definition) is 0. The molecule has 5 nitrogen and oxygen atoms in total. The highest BCUT2D eigenvalue weighted by atomic mass is 16.7. The predicted molar refractivity (Wildman–Crippen MR) is 46.2 cm³/mol. The molecular weight excluding hydrogens is 188 g/mol. The monoisotopic (exact) mass is 200 g/mol. The first-order chi connectivity index (χ1) is 6.44. The third-order valence-corrected chi connectivity index (χ3v) is 1.62. The van der Waals surface area contributed by atoms with E-state index in [1.165, 1.54) is 0 Å². The average Bonchev–Trinajstić information content (AvgIpc) is 2.44. The van der Waals surface area contributed by atoms with E-state index < -0.39 is 17.5 Å². The first kappa shape index (κ1) is 10.7. The second kappa shape index (κ2) is 3.79. The fourth-order valence-electron chi connectivity index (χ4n) is 0.996. The van der Waals surface area contributed by atoms with Crippen LogP contribution in [0.2, 0.25) is 0 Å². The maximum absolute atomic E-state index is 11.1. The molecule has 0 spiro atoms. The highest BCUT2D eigenvalue weighted by Gasteiger charge is 2.30. The van der Waals surface area contributed by atoms with E-state index in [-0.39, 0.29) is 6.61 Å². The summed E-state index contributed by atoms with van der Waals surface area (Å²) in [5.74, 6) is -2.05. The number of rotatable bonds is 2. The van der Waals surface area contributed by atoms with Gasteiger partial charge >= 0.3 is 5.97 Å². The van der Waals surface area contributed by atoms with Crippen LogP contribution in [0.3, 0.4) is 0 Å². The summed E-state index contributed by atoms with van der Waals surface area (Å²) in [6.45, 7) is 3.63. The predicted octanol–water partition coefficient (Wildman–Crippen LogP) is 0.395. The van der Waals surface area contributed by atoms with Gasteiger partial charge in [0.15, 0.2) is 0 Å². The van der Waals surface area contributed by atoms with Crippen molar-refractivity contribution >= 4 is 11.8 Å². The van der Waals surface area contributed by atoms with Crippen LogP contribution in [0, 0.1) is 0 Å². The van der Waals surface area contributed by atoms with Gasteiger partial charge in [0.25, 0.3) is 5.78 Å². The second-order valence-corrected chi connectivity index (χ2v) is 3.26. The molecule has 0 atom stereocenters. The Morgan fingerprint density at radius 3 is 2.57 bits per heavy atom. The minimum absolute atomic E-state index is 0.190. The summed E-state index contributed by atoms with van der Waals surface area (Å²) in [4.78, 5) is 21.8. The summed E-state index contributed by atoms with van der Waals surface area (Å²) < 4.78 is 14.6. The lowest BCUT2D eigenvalue weighted by molar-refractivity contribution is -0.149. The zero-order chi connectivity index (χ0) is 10.8. The minimum atomic E-state index is -0.911. The van der Waals surface area contributed by atoms with Gasteiger partial charge in [-0.1, -0.05) is 0 Å². The molecule has 0 aliphatic carbocycles. The van der Waals surface area contributed by atoms with E-state index in [9.17, 15) is 9.59 Å². The lowest BCUT2D eigenvalue weighted by atomic mass is 10.3. The van der Waals surface area contributed by atoms with Crippen molar-refractivity contribution in [2.45, 2.75) is 19.6 Å². The Kier molecular flexibility index (Phi) is 2.90. The molecule has 1 rings (SSSR count). The smallest absolute Gasteiger partial charge is 0.378 e. The van der Waals surface area contributed by atoms with Crippen molar-refractivity contribution < 1.29 is 23.8 Å². The van der Waals surface area contributed by atoms with Gasteiger partial charge in [0, 0.05) is 19.9 Å². The van der Waals surface area contributed by atoms with E-state index >= 15 is 0 Å². The first-order valence-corrected chi connectivity index (χ1v) is 4.10. The van der Waals surface area contributed by atoms with Crippen LogP contribution in [0.15, 0.2) is 11.8 Å². The summed E-state index contributed by atoms with van der Waals surface area (Å²) in [7, 11) is 1.15. The number of carbonyl (C=O) groups excluding carboxylic acids is 2. The topological polar surface area (TPSA) is 61.8 Å². The molecule has 0 unspecified atom stereocenters. The van der Waals surface area contributed by atoms with Crippen molar-refractivity contribution in [1.82, 2.24) is 0 Å². The van der Waals surface area contributed by atoms with Crippen molar-refractivity contribution in [3.8, 4) is 0 Å². The Hall–Kier alpha value is -1.36. The molecule has 1 aliphatic heterocycles. The fourth-order valence-corrected chi connectivity index (χ4v) is 0.996. The maximum atomic E-state index is 11.1. The zero-order valence-electron chi connectivity index (χ0n) is 8.33. The summed E-state index contributed by atoms with van der Waals surface area (Å²) >= 11 is 0. The third kappa shape index (κ3) is 2.56. The molecular formula is C9H12O5. The molecule has 5 heteroatoms. The normalized spacial score (nSPS) is 21.8. The molecule has 0 amide bonds. The number of methoxy groups -OCH3 is 1. The van der Waals surface area contributed by atoms with Gasteiger partial charge < -0.3 is 14.2 Å². The van der Waals surface area contributed by atoms with Crippen LogP contribution < -0.4 is 0 Å². The summed E-state index contributed by atoms with van der Waals surface area (Å²) in [6, 6.07) is 0. The van der Waals surface area contributed by atoms with Crippen molar-refractivity contribution in [3.05, 3.63) is 11.8 Å². The van der Waals surface area contributed by atoms with Crippen molar-refractivity contribution in [2.24, 2.45) is 0 Å². The first-order valence-electron chi connectivity index (χ1n) is 4.10. The van der Waals surface area contributed by atoms with Crippen LogP contribution >= 0.6 is 0 Å². The highest BCUT2D eigenvalue weighted by molar-refractivity contribution is 6.38. The van der Waals surface area contributed by atoms with E-state index in [0.717, 1.165) is 13.2 Å². The van der Waals surface area contributed by atoms with Crippen LogP contribution in [0.1, 0.15) is 13.8 Å².